The lowest BCUT2D eigenvalue weighted by molar-refractivity contribution is -0.137. The third kappa shape index (κ3) is 24.0. The molecule has 1 saturated heterocycles. The van der Waals surface area contributed by atoms with Crippen molar-refractivity contribution in [3.63, 3.8) is 0 Å². The van der Waals surface area contributed by atoms with Crippen LogP contribution in [0.5, 0.6) is 5.75 Å². The van der Waals surface area contributed by atoms with Crippen molar-refractivity contribution in [3.8, 4) is 5.75 Å². The van der Waals surface area contributed by atoms with E-state index in [4.69, 9.17) is 4.74 Å². The van der Waals surface area contributed by atoms with Crippen LogP contribution in [0.15, 0.2) is 176 Å². The zero-order valence-corrected chi connectivity index (χ0v) is 61.6. The Balaban J connectivity index is 1.14. The molecule has 12 N–H and O–H groups in total. The maximum absolute atomic E-state index is 15.6. The number of thioether (sulfide) groups is 1. The number of phenols is 1. The first-order valence-electron chi connectivity index (χ1n) is 35.1. The molecule has 11 atom stereocenters. The van der Waals surface area contributed by atoms with Crippen molar-refractivity contribution in [2.24, 2.45) is 5.92 Å². The van der Waals surface area contributed by atoms with Crippen molar-refractivity contribution in [2.75, 3.05) is 30.3 Å². The Bertz CT molecular complexity index is 3690. The number of fused-ring (bicyclic) bond motifs is 1. The molecule has 21 nitrogen and oxygen atoms in total. The fourth-order valence-electron chi connectivity index (χ4n) is 12.5. The number of hydrogen-bond donors (Lipinski definition) is 12. The number of benzene rings is 6. The predicted molar refractivity (Wildman–Crippen MR) is 406 cm³/mol. The van der Waals surface area contributed by atoms with Crippen LogP contribution in [0.2, 0.25) is 0 Å². The summed E-state index contributed by atoms with van der Waals surface area (Å²) in [6.45, 7) is 9.65. The van der Waals surface area contributed by atoms with Crippen molar-refractivity contribution < 1.29 is 63.5 Å². The number of allylic oxidation sites excluding steroid dienone is 1. The van der Waals surface area contributed by atoms with E-state index in [9.17, 15) is 39.6 Å². The van der Waals surface area contributed by atoms with Gasteiger partial charge in [-0.15, -0.1) is 11.8 Å². The Hall–Kier alpha value is -8.49. The Morgan fingerprint density at radius 1 is 0.621 bits per heavy atom. The van der Waals surface area contributed by atoms with Gasteiger partial charge in [-0.2, -0.15) is 0 Å². The summed E-state index contributed by atoms with van der Waals surface area (Å²) in [5, 5.41) is 66.0. The second-order valence-electron chi connectivity index (χ2n) is 27.2. The first-order chi connectivity index (χ1) is 49.4. The summed E-state index contributed by atoms with van der Waals surface area (Å²) < 4.78 is 4.80. The number of rotatable bonds is 27. The van der Waals surface area contributed by atoms with Crippen molar-refractivity contribution in [3.05, 3.63) is 215 Å². The molecule has 7 amide bonds. The largest absolute Gasteiger partial charge is 0.508 e. The van der Waals surface area contributed by atoms with Gasteiger partial charge in [0.2, 0.25) is 35.4 Å². The van der Waals surface area contributed by atoms with Crippen molar-refractivity contribution >= 4 is 86.2 Å². The molecule has 103 heavy (non-hydrogen) atoms. The van der Waals surface area contributed by atoms with Gasteiger partial charge in [-0.05, 0) is 155 Å². The summed E-state index contributed by atoms with van der Waals surface area (Å²) in [6.07, 6.45) is -1.71. The molecule has 550 valence electrons. The van der Waals surface area contributed by atoms with Gasteiger partial charge in [0, 0.05) is 36.8 Å². The number of nitrogens with one attached hydrogen (secondary N) is 8. The monoisotopic (exact) mass is 1460 g/mol. The Morgan fingerprint density at radius 2 is 1.19 bits per heavy atom. The molecule has 0 radical (unpaired) electrons. The third-order valence-electron chi connectivity index (χ3n) is 17.9. The number of Topliss-reactive ketones (excluding diaryl/α,β-unsaturated/α-hetero) is 1. The third-order valence-corrected chi connectivity index (χ3v) is 22.0. The van der Waals surface area contributed by atoms with E-state index < -0.39 is 131 Å². The van der Waals surface area contributed by atoms with Crippen LogP contribution in [-0.2, 0) is 62.3 Å². The second kappa shape index (κ2) is 39.4. The van der Waals surface area contributed by atoms with Gasteiger partial charge in [0.25, 0.3) is 0 Å². The van der Waals surface area contributed by atoms with Gasteiger partial charge in [-0.25, -0.2) is 4.79 Å². The van der Waals surface area contributed by atoms with Crippen LogP contribution < -0.4 is 42.5 Å². The number of amides is 7. The lowest BCUT2D eigenvalue weighted by Gasteiger charge is -2.35. The summed E-state index contributed by atoms with van der Waals surface area (Å²) in [7, 11) is 2.13. The van der Waals surface area contributed by atoms with Crippen LogP contribution in [0, 0.1) is 5.92 Å². The first kappa shape index (κ1) is 80.2. The number of aliphatic hydroxyl groups excluding tert-OH is 3. The lowest BCUT2D eigenvalue weighted by atomic mass is 9.84. The molecular weight excluding hydrogens is 1370 g/mol. The molecule has 1 heterocycles. The molecule has 24 heteroatoms. The molecule has 1 fully saturated rings. The molecule has 0 aromatic heterocycles. The van der Waals surface area contributed by atoms with Gasteiger partial charge in [-0.3, -0.25) is 33.6 Å². The van der Waals surface area contributed by atoms with Crippen LogP contribution >= 0.6 is 33.3 Å². The summed E-state index contributed by atoms with van der Waals surface area (Å²) in [5.74, 6) is -6.38. The fraction of sp³-hybridized carbons (Fsp3) is 0.418. The van der Waals surface area contributed by atoms with Gasteiger partial charge in [0.1, 0.15) is 35.5 Å². The SMILES string of the molecule is CC(O)C(NC(=O)[C@@H]1CSSC[C@H](NC(=O)[C@@H](Cc2ccccc2)NCCCSC(c2ccccc2)(c2ccccc2)c2ccccc2)C(=O)C[C@@H](Cc2ccc(O)cc2)C(=O)N[C@H](CC2=CCc3ccccc32)C(=O)N[C@@H](CCCCNC(=O)OC(C)(C)C)C(=O)N[C@@H]([C@@H](C)O)C(=O)N1)[C@@H](C)O. The summed E-state index contributed by atoms with van der Waals surface area (Å²) in [5.41, 5.74) is 6.48. The van der Waals surface area contributed by atoms with E-state index >= 15 is 19.2 Å². The number of unbranched alkanes of at least 4 members (excludes halogenated alkanes) is 1. The number of aromatic hydroxyl groups is 1. The number of hydrogen-bond acceptors (Lipinski definition) is 17. The van der Waals surface area contributed by atoms with Crippen LogP contribution in [0.1, 0.15) is 119 Å². The van der Waals surface area contributed by atoms with Crippen molar-refractivity contribution in [2.45, 2.75) is 170 Å². The highest BCUT2D eigenvalue weighted by Crippen LogP contribution is 2.48. The second-order valence-corrected chi connectivity index (χ2v) is 31.1. The number of aliphatic hydroxyl groups is 3. The zero-order chi connectivity index (χ0) is 74.1. The van der Waals surface area contributed by atoms with E-state index in [0.29, 0.717) is 30.7 Å². The van der Waals surface area contributed by atoms with Gasteiger partial charge >= 0.3 is 6.09 Å². The number of carbonyl (C=O) groups excluding carboxylic acids is 8. The number of alkyl carbamates (subject to hydrolysis) is 1. The first-order valence-corrected chi connectivity index (χ1v) is 38.6. The van der Waals surface area contributed by atoms with Crippen molar-refractivity contribution in [1.82, 2.24) is 42.5 Å². The molecule has 0 saturated carbocycles. The van der Waals surface area contributed by atoms with Crippen LogP contribution in [0.3, 0.4) is 0 Å². The maximum atomic E-state index is 15.6. The molecule has 0 spiro atoms. The topological polar surface area (TPSA) is 323 Å². The van der Waals surface area contributed by atoms with Crippen molar-refractivity contribution in [1.29, 1.82) is 0 Å². The quantitative estimate of drug-likeness (QED) is 0.0132. The fourth-order valence-corrected chi connectivity index (χ4v) is 16.4. The Kier molecular flexibility index (Phi) is 30.7. The Morgan fingerprint density at radius 3 is 1.80 bits per heavy atom. The molecule has 2 unspecified atom stereocenters. The minimum atomic E-state index is -1.75. The number of ketones is 1. The molecule has 1 aliphatic heterocycles. The molecule has 1 aliphatic carbocycles. The molecule has 2 aliphatic rings. The van der Waals surface area contributed by atoms with E-state index in [1.165, 1.54) is 32.9 Å². The average Bonchev–Trinajstić information content (AvgIpc) is 1.57. The highest BCUT2D eigenvalue weighted by Gasteiger charge is 2.40. The summed E-state index contributed by atoms with van der Waals surface area (Å²) in [4.78, 5) is 118. The highest BCUT2D eigenvalue weighted by atomic mass is 33.1. The van der Waals surface area contributed by atoms with Gasteiger partial charge < -0.3 is 67.7 Å². The van der Waals surface area contributed by atoms with E-state index in [2.05, 4.69) is 78.9 Å². The maximum Gasteiger partial charge on any atom is 0.407 e. The normalized spacial score (nSPS) is 20.4. The minimum Gasteiger partial charge on any atom is -0.508 e. The molecular formula is C79H98N8O13S3. The smallest absolute Gasteiger partial charge is 0.407 e. The van der Waals surface area contributed by atoms with E-state index in [-0.39, 0.29) is 62.3 Å². The molecule has 8 rings (SSSR count). The van der Waals surface area contributed by atoms with Crippen LogP contribution in [-0.4, -0.2) is 164 Å². The predicted octanol–water partition coefficient (Wildman–Crippen LogP) is 8.00. The summed E-state index contributed by atoms with van der Waals surface area (Å²) in [6, 6.07) is 44.7. The van der Waals surface area contributed by atoms with E-state index in [1.54, 1.807) is 44.7 Å². The van der Waals surface area contributed by atoms with Gasteiger partial charge in [0.05, 0.1) is 41.2 Å². The van der Waals surface area contributed by atoms with Gasteiger partial charge in [-0.1, -0.05) is 185 Å². The number of ether oxygens (including phenoxy) is 1. The highest BCUT2D eigenvalue weighted by molar-refractivity contribution is 8.76. The van der Waals surface area contributed by atoms with E-state index in [0.717, 1.165) is 60.5 Å². The zero-order valence-electron chi connectivity index (χ0n) is 59.2. The molecule has 6 aromatic carbocycles. The average molecular weight is 1460 g/mol. The molecule has 0 bridgehead atoms. The number of phenolic OH excluding ortho intramolecular Hbond substituents is 1. The Labute approximate surface area is 615 Å². The standard InChI is InChI=1S/C79H98N8O13S3/c1-50(88)69(51(2)89)86-75(97)67-49-103-102-48-66(84-73(95)64(45-53-24-11-7-12-25-53)80-42-23-43-101-79(58-27-13-8-14-28-58,59-29-15-9-16-30-59)60-31-17-10-18-32-60)68(92)47-57(44-54-35-39-61(91)40-36-54)71(93)83-65(46-56-38-37-55-26-19-20-33-62(55)56)74(96)82-63(72(94)87-70(52(3)90)76(98)85-67)34-21-22-41-81-77(99)100-78(4,5)6/h7-20,24-33,35-36,38-40,50-52,57,63-67,69-70,80,88-91H,21-23,34,37,41-49H2,1-6H3,(H,81,99)(H,82,96)(H,83,93)(H,84,95)(H,85,98)(H,86,97)(H,87,94)/t50-,51?,52-,57-,63+,64-,65-,66+,67+,69?,70+/m1/s1. The minimum absolute atomic E-state index is 0.0422. The number of carbonyl (C=O) groups is 8. The molecule has 6 aromatic rings. The summed E-state index contributed by atoms with van der Waals surface area (Å²) >= 11 is 1.79. The van der Waals surface area contributed by atoms with Crippen LogP contribution in [0.4, 0.5) is 4.79 Å². The lowest BCUT2D eigenvalue weighted by Crippen LogP contribution is -2.62. The van der Waals surface area contributed by atoms with Gasteiger partial charge in [0.15, 0.2) is 5.78 Å². The van der Waals surface area contributed by atoms with Crippen LogP contribution in [0.25, 0.3) is 5.57 Å². The van der Waals surface area contributed by atoms with E-state index in [1.807, 2.05) is 115 Å².